The van der Waals surface area contributed by atoms with E-state index in [1.165, 1.54) is 13.0 Å². The minimum atomic E-state index is -0.800. The maximum absolute atomic E-state index is 13.4. The van der Waals surface area contributed by atoms with Gasteiger partial charge in [-0.25, -0.2) is 4.39 Å². The molecule has 0 aromatic heterocycles. The van der Waals surface area contributed by atoms with Crippen LogP contribution in [0.5, 0.6) is 5.75 Å². The van der Waals surface area contributed by atoms with Crippen molar-refractivity contribution in [1.82, 2.24) is 0 Å². The Labute approximate surface area is 98.0 Å². The molecule has 94 valence electrons. The van der Waals surface area contributed by atoms with Crippen molar-refractivity contribution >= 4 is 5.69 Å². The molecule has 1 rings (SSSR count). The van der Waals surface area contributed by atoms with Crippen molar-refractivity contribution in [3.05, 3.63) is 33.6 Å². The Morgan fingerprint density at radius 1 is 1.59 bits per heavy atom. The van der Waals surface area contributed by atoms with Gasteiger partial charge in [0.15, 0.2) is 11.6 Å². The zero-order chi connectivity index (χ0) is 13.0. The third-order valence-corrected chi connectivity index (χ3v) is 2.35. The van der Waals surface area contributed by atoms with Crippen molar-refractivity contribution in [2.24, 2.45) is 0 Å². The molecule has 1 unspecified atom stereocenters. The highest BCUT2D eigenvalue weighted by atomic mass is 19.1. The van der Waals surface area contributed by atoms with Gasteiger partial charge < -0.3 is 9.84 Å². The Kier molecular flexibility index (Phi) is 4.39. The van der Waals surface area contributed by atoms with E-state index in [4.69, 9.17) is 4.74 Å². The summed E-state index contributed by atoms with van der Waals surface area (Å²) in [6.45, 7) is 3.23. The van der Waals surface area contributed by atoms with Crippen molar-refractivity contribution < 1.29 is 19.2 Å². The van der Waals surface area contributed by atoms with Crippen LogP contribution in [-0.2, 0) is 0 Å². The number of ether oxygens (including phenoxy) is 1. The van der Waals surface area contributed by atoms with Crippen LogP contribution in [0, 0.1) is 22.9 Å². The molecule has 5 nitrogen and oxygen atoms in total. The van der Waals surface area contributed by atoms with Crippen LogP contribution in [0.1, 0.15) is 18.9 Å². The first-order valence-electron chi connectivity index (χ1n) is 5.21. The first-order valence-corrected chi connectivity index (χ1v) is 5.21. The molecule has 1 aromatic carbocycles. The van der Waals surface area contributed by atoms with E-state index in [0.29, 0.717) is 12.0 Å². The number of rotatable bonds is 5. The Balaban J connectivity index is 2.88. The Hall–Kier alpha value is -1.69. The summed E-state index contributed by atoms with van der Waals surface area (Å²) in [4.78, 5) is 9.91. The number of hydrogen-bond donors (Lipinski definition) is 1. The lowest BCUT2D eigenvalue weighted by molar-refractivity contribution is -0.385. The third-order valence-electron chi connectivity index (χ3n) is 2.35. The van der Waals surface area contributed by atoms with Gasteiger partial charge in [-0.3, -0.25) is 10.1 Å². The lowest BCUT2D eigenvalue weighted by Crippen LogP contribution is -2.16. The second-order valence-electron chi connectivity index (χ2n) is 3.70. The first kappa shape index (κ1) is 13.4. The van der Waals surface area contributed by atoms with E-state index in [-0.39, 0.29) is 18.0 Å². The van der Waals surface area contributed by atoms with Crippen molar-refractivity contribution in [3.8, 4) is 5.75 Å². The van der Waals surface area contributed by atoms with Crippen LogP contribution in [0.25, 0.3) is 0 Å². The van der Waals surface area contributed by atoms with Crippen LogP contribution in [0.4, 0.5) is 10.1 Å². The summed E-state index contributed by atoms with van der Waals surface area (Å²) in [7, 11) is 0. The van der Waals surface area contributed by atoms with Crippen molar-refractivity contribution in [3.63, 3.8) is 0 Å². The van der Waals surface area contributed by atoms with E-state index >= 15 is 0 Å². The molecule has 1 atom stereocenters. The molecule has 0 spiro atoms. The molecule has 0 fully saturated rings. The number of nitrogens with zero attached hydrogens (tertiary/aromatic N) is 1. The van der Waals surface area contributed by atoms with E-state index in [0.717, 1.165) is 6.07 Å². The van der Waals surface area contributed by atoms with Crippen LogP contribution in [-0.4, -0.2) is 22.7 Å². The Morgan fingerprint density at radius 2 is 2.24 bits per heavy atom. The molecule has 0 saturated carbocycles. The van der Waals surface area contributed by atoms with Crippen LogP contribution in [0.15, 0.2) is 12.1 Å². The second-order valence-corrected chi connectivity index (χ2v) is 3.70. The van der Waals surface area contributed by atoms with Crippen LogP contribution >= 0.6 is 0 Å². The largest absolute Gasteiger partial charge is 0.488 e. The van der Waals surface area contributed by atoms with Crippen LogP contribution in [0.2, 0.25) is 0 Å². The number of halogens is 1. The molecular weight excluding hydrogens is 229 g/mol. The van der Waals surface area contributed by atoms with E-state index < -0.39 is 16.8 Å². The highest BCUT2D eigenvalue weighted by Crippen LogP contribution is 2.27. The number of aliphatic hydroxyl groups excluding tert-OH is 1. The third kappa shape index (κ3) is 3.39. The van der Waals surface area contributed by atoms with E-state index in [9.17, 15) is 19.6 Å². The molecule has 17 heavy (non-hydrogen) atoms. The van der Waals surface area contributed by atoms with Gasteiger partial charge in [0.1, 0.15) is 6.61 Å². The second kappa shape index (κ2) is 5.58. The topological polar surface area (TPSA) is 72.6 Å². The fourth-order valence-electron chi connectivity index (χ4n) is 1.26. The lowest BCUT2D eigenvalue weighted by atomic mass is 10.2. The number of nitro groups is 1. The number of hydrogen-bond acceptors (Lipinski definition) is 4. The average molecular weight is 243 g/mol. The summed E-state index contributed by atoms with van der Waals surface area (Å²) in [5, 5.41) is 19.8. The lowest BCUT2D eigenvalue weighted by Gasteiger charge is -2.11. The summed E-state index contributed by atoms with van der Waals surface area (Å²) < 4.78 is 18.5. The maximum atomic E-state index is 13.4. The summed E-state index contributed by atoms with van der Waals surface area (Å²) in [5.41, 5.74) is 0.0308. The van der Waals surface area contributed by atoms with Gasteiger partial charge in [0.2, 0.25) is 0 Å². The molecule has 0 radical (unpaired) electrons. The van der Waals surface area contributed by atoms with Gasteiger partial charge in [-0.05, 0) is 19.4 Å². The highest BCUT2D eigenvalue weighted by molar-refractivity contribution is 5.45. The number of nitro benzene ring substituents is 1. The van der Waals surface area contributed by atoms with Gasteiger partial charge in [0, 0.05) is 5.56 Å². The van der Waals surface area contributed by atoms with Crippen LogP contribution in [0.3, 0.4) is 0 Å². The number of aliphatic hydroxyl groups is 1. The van der Waals surface area contributed by atoms with Crippen molar-refractivity contribution in [2.45, 2.75) is 26.4 Å². The fraction of sp³-hybridized carbons (Fsp3) is 0.455. The summed E-state index contributed by atoms with van der Waals surface area (Å²) >= 11 is 0. The molecule has 0 aliphatic heterocycles. The van der Waals surface area contributed by atoms with Crippen molar-refractivity contribution in [2.75, 3.05) is 6.61 Å². The van der Waals surface area contributed by atoms with Gasteiger partial charge in [-0.2, -0.15) is 0 Å². The van der Waals surface area contributed by atoms with Gasteiger partial charge in [-0.15, -0.1) is 0 Å². The molecular formula is C11H14FNO4. The zero-order valence-corrected chi connectivity index (χ0v) is 9.64. The Morgan fingerprint density at radius 3 is 2.76 bits per heavy atom. The highest BCUT2D eigenvalue weighted by Gasteiger charge is 2.16. The van der Waals surface area contributed by atoms with Crippen molar-refractivity contribution in [1.29, 1.82) is 0 Å². The Bertz CT molecular complexity index is 422. The number of aryl methyl sites for hydroxylation is 1. The van der Waals surface area contributed by atoms with Gasteiger partial charge in [0.25, 0.3) is 5.69 Å². The normalized spacial score (nSPS) is 12.2. The smallest absolute Gasteiger partial charge is 0.275 e. The SMILES string of the molecule is CCC(O)COc1cc(C)c([N+](=O)[O-])cc1F. The predicted octanol–water partition coefficient (Wildman–Crippen LogP) is 2.19. The first-order chi connectivity index (χ1) is 7.95. The summed E-state index contributed by atoms with van der Waals surface area (Å²) in [6, 6.07) is 2.08. The molecule has 0 saturated heterocycles. The predicted molar refractivity (Wildman–Crippen MR) is 59.6 cm³/mol. The molecule has 0 heterocycles. The van der Waals surface area contributed by atoms with Gasteiger partial charge in [0.05, 0.1) is 17.1 Å². The molecule has 6 heteroatoms. The standard InChI is InChI=1S/C11H14FNO4/c1-3-8(14)6-17-11-4-7(2)10(13(15)16)5-9(11)12/h4-5,8,14H,3,6H2,1-2H3. The molecule has 1 N–H and O–H groups in total. The van der Waals surface area contributed by atoms with E-state index in [2.05, 4.69) is 0 Å². The molecule has 0 amide bonds. The molecule has 0 bridgehead atoms. The average Bonchev–Trinajstić information content (AvgIpc) is 2.28. The quantitative estimate of drug-likeness (QED) is 0.635. The monoisotopic (exact) mass is 243 g/mol. The summed E-state index contributed by atoms with van der Waals surface area (Å²) in [6.07, 6.45) is -0.182. The molecule has 1 aromatic rings. The number of benzene rings is 1. The van der Waals surface area contributed by atoms with Gasteiger partial charge >= 0.3 is 0 Å². The molecule has 0 aliphatic rings. The fourth-order valence-corrected chi connectivity index (χ4v) is 1.26. The summed E-state index contributed by atoms with van der Waals surface area (Å²) in [5.74, 6) is -0.883. The van der Waals surface area contributed by atoms with Gasteiger partial charge in [-0.1, -0.05) is 6.92 Å². The minimum absolute atomic E-state index is 0.0370. The van der Waals surface area contributed by atoms with E-state index in [1.54, 1.807) is 6.92 Å². The zero-order valence-electron chi connectivity index (χ0n) is 9.64. The van der Waals surface area contributed by atoms with Crippen LogP contribution < -0.4 is 4.74 Å². The molecule has 0 aliphatic carbocycles. The minimum Gasteiger partial charge on any atom is -0.488 e. The maximum Gasteiger partial charge on any atom is 0.275 e. The van der Waals surface area contributed by atoms with E-state index in [1.807, 2.05) is 0 Å².